The Kier molecular flexibility index (Phi) is 8.14. The first-order valence-electron chi connectivity index (χ1n) is 8.52. The standard InChI is InChI=1S/C17H17N2.C5H8O2.Ir/c1-17(2)16(13-9-5-4-6-10-13)18-14-11-7-8-12-15(14)19(17)3;1-4(6)3-5(2)7;/h4-9,11-12H,1-3H3;3,6H,1-2H3;/q-1;;/p+1/b;4-3-;. The van der Waals surface area contributed by atoms with Gasteiger partial charge in [-0.1, -0.05) is 12.1 Å². The Hall–Kier alpha value is -2.23. The molecule has 2 N–H and O–H groups in total. The van der Waals surface area contributed by atoms with Crippen LogP contribution in [0, 0.1) is 6.07 Å². The van der Waals surface area contributed by atoms with Crippen LogP contribution in [0.5, 0.6) is 0 Å². The summed E-state index contributed by atoms with van der Waals surface area (Å²) in [5, 5.41) is 8.40. The predicted octanol–water partition coefficient (Wildman–Crippen LogP) is 4.85. The molecule has 1 aliphatic heterocycles. The van der Waals surface area contributed by atoms with Crippen molar-refractivity contribution in [2.24, 2.45) is 4.99 Å². The van der Waals surface area contributed by atoms with E-state index < -0.39 is 0 Å². The van der Waals surface area contributed by atoms with Crippen molar-refractivity contribution in [3.63, 3.8) is 0 Å². The van der Waals surface area contributed by atoms with Gasteiger partial charge in [0.2, 0.25) is 0 Å². The summed E-state index contributed by atoms with van der Waals surface area (Å²) in [5.74, 6) is 0.250. The van der Waals surface area contributed by atoms with Crippen LogP contribution in [-0.2, 0) is 20.1 Å². The Morgan fingerprint density at radius 3 is 2.30 bits per heavy atom. The zero-order valence-corrected chi connectivity index (χ0v) is 18.7. The van der Waals surface area contributed by atoms with Gasteiger partial charge in [0.1, 0.15) is 0 Å². The Morgan fingerprint density at radius 1 is 1.15 bits per heavy atom. The number of likely N-dealkylation sites (N-methyl/N-ethyl adjacent to an activating group) is 1. The summed E-state index contributed by atoms with van der Waals surface area (Å²) in [5.41, 5.74) is 4.18. The summed E-state index contributed by atoms with van der Waals surface area (Å²) in [7, 11) is 2.12. The molecule has 0 aromatic heterocycles. The average Bonchev–Trinajstić information content (AvgIpc) is 2.58. The number of para-hydroxylation sites is 2. The second kappa shape index (κ2) is 9.63. The molecule has 3 rings (SSSR count). The first kappa shape index (κ1) is 22.8. The van der Waals surface area contributed by atoms with Gasteiger partial charge in [0.15, 0.2) is 0 Å². The SMILES string of the molecule is CC(=[OH+])/C=C(/C)O.CN1c2ccccc2N=C(c2[c-]cccc2)C1(C)C.[Ir]. The topological polar surface area (TPSA) is 57.2 Å². The molecule has 0 fully saturated rings. The molecule has 0 atom stereocenters. The van der Waals surface area contributed by atoms with E-state index in [1.54, 1.807) is 0 Å². The maximum Gasteiger partial charge on any atom is 0.316 e. The van der Waals surface area contributed by atoms with Gasteiger partial charge in [-0.15, -0.1) is 35.9 Å². The van der Waals surface area contributed by atoms with Crippen molar-refractivity contribution >= 4 is 22.9 Å². The zero-order valence-electron chi connectivity index (χ0n) is 16.3. The van der Waals surface area contributed by atoms with Gasteiger partial charge in [-0.3, -0.25) is 9.79 Å². The van der Waals surface area contributed by atoms with E-state index in [1.165, 1.54) is 25.6 Å². The molecule has 0 saturated carbocycles. The first-order chi connectivity index (χ1) is 12.2. The van der Waals surface area contributed by atoms with Gasteiger partial charge in [-0.05, 0) is 38.6 Å². The fraction of sp³-hybridized carbons (Fsp3) is 0.273. The van der Waals surface area contributed by atoms with Crippen LogP contribution in [0.25, 0.3) is 0 Å². The van der Waals surface area contributed by atoms with Crippen molar-refractivity contribution < 1.29 is 30.0 Å². The smallest absolute Gasteiger partial charge is 0.316 e. The maximum atomic E-state index is 8.40. The minimum absolute atomic E-state index is 0. The molecule has 4 nitrogen and oxygen atoms in total. The molecule has 0 aliphatic carbocycles. The van der Waals surface area contributed by atoms with Crippen LogP contribution in [0.1, 0.15) is 33.3 Å². The predicted molar refractivity (Wildman–Crippen MR) is 109 cm³/mol. The van der Waals surface area contributed by atoms with E-state index in [0.29, 0.717) is 0 Å². The zero-order chi connectivity index (χ0) is 19.3. The van der Waals surface area contributed by atoms with E-state index in [0.717, 1.165) is 17.0 Å². The number of carbonyl (C=O) groups excluding carboxylic acids is 1. The monoisotopic (exact) mass is 543 g/mol. The number of hydrogen-bond donors (Lipinski definition) is 1. The van der Waals surface area contributed by atoms with Crippen molar-refractivity contribution in [2.45, 2.75) is 33.2 Å². The average molecular weight is 543 g/mol. The van der Waals surface area contributed by atoms with Gasteiger partial charge in [0.25, 0.3) is 0 Å². The molecule has 1 aliphatic rings. The van der Waals surface area contributed by atoms with Gasteiger partial charge in [-0.2, -0.15) is 0 Å². The molecule has 0 amide bonds. The second-order valence-electron chi connectivity index (χ2n) is 6.77. The number of aliphatic hydroxyl groups excluding tert-OH is 1. The fourth-order valence-corrected chi connectivity index (χ4v) is 2.79. The molecule has 2 aromatic rings. The van der Waals surface area contributed by atoms with Crippen molar-refractivity contribution in [3.8, 4) is 0 Å². The molecule has 5 heteroatoms. The van der Waals surface area contributed by atoms with Crippen LogP contribution in [0.15, 0.2) is 65.4 Å². The molecule has 0 bridgehead atoms. The largest absolute Gasteiger partial charge is 0.512 e. The summed E-state index contributed by atoms with van der Waals surface area (Å²) in [6.45, 7) is 7.39. The second-order valence-corrected chi connectivity index (χ2v) is 6.77. The molecule has 1 radical (unpaired) electrons. The van der Waals surface area contributed by atoms with Crippen molar-refractivity contribution in [1.29, 1.82) is 0 Å². The molecule has 1 heterocycles. The van der Waals surface area contributed by atoms with E-state index in [4.69, 9.17) is 14.9 Å². The third-order valence-electron chi connectivity index (χ3n) is 4.28. The molecule has 0 spiro atoms. The normalized spacial score (nSPS) is 14.8. The minimum atomic E-state index is -0.147. The number of nitrogens with zero attached hydrogens (tertiary/aromatic N) is 2. The first-order valence-corrected chi connectivity index (χ1v) is 8.52. The van der Waals surface area contributed by atoms with Gasteiger partial charge >= 0.3 is 5.78 Å². The van der Waals surface area contributed by atoms with E-state index in [-0.39, 0.29) is 37.2 Å². The number of benzene rings is 2. The van der Waals surface area contributed by atoms with Gasteiger partial charge < -0.3 is 10.0 Å². The number of hydrogen-bond acceptors (Lipinski definition) is 3. The van der Waals surface area contributed by atoms with Crippen LogP contribution in [-0.4, -0.2) is 34.0 Å². The summed E-state index contributed by atoms with van der Waals surface area (Å²) in [4.78, 5) is 15.5. The van der Waals surface area contributed by atoms with Gasteiger partial charge in [0.05, 0.1) is 30.1 Å². The van der Waals surface area contributed by atoms with Gasteiger partial charge in [0, 0.05) is 32.7 Å². The number of aliphatic hydroxyl groups is 1. The number of rotatable bonds is 2. The molecular formula is C22H26IrN2O2. The van der Waals surface area contributed by atoms with Crippen LogP contribution >= 0.6 is 0 Å². The van der Waals surface area contributed by atoms with E-state index in [2.05, 4.69) is 56.1 Å². The third kappa shape index (κ3) is 5.62. The summed E-state index contributed by atoms with van der Waals surface area (Å²) >= 11 is 0. The van der Waals surface area contributed by atoms with E-state index in [9.17, 15) is 0 Å². The molecule has 145 valence electrons. The third-order valence-corrected chi connectivity index (χ3v) is 4.28. The Bertz CT molecular complexity index is 838. The van der Waals surface area contributed by atoms with Crippen molar-refractivity contribution in [2.75, 3.05) is 11.9 Å². The molecular weight excluding hydrogens is 516 g/mol. The maximum absolute atomic E-state index is 8.40. The van der Waals surface area contributed by atoms with Crippen LogP contribution < -0.4 is 4.90 Å². The number of allylic oxidation sites excluding steroid dienone is 2. The Labute approximate surface area is 175 Å². The Morgan fingerprint density at radius 2 is 1.78 bits per heavy atom. The number of anilines is 1. The van der Waals surface area contributed by atoms with Crippen molar-refractivity contribution in [3.05, 3.63) is 72.0 Å². The van der Waals surface area contributed by atoms with E-state index in [1.807, 2.05) is 24.3 Å². The molecule has 0 unspecified atom stereocenters. The molecule has 2 aromatic carbocycles. The minimum Gasteiger partial charge on any atom is -0.512 e. The van der Waals surface area contributed by atoms with E-state index >= 15 is 0 Å². The number of aliphatic imine (C=N–C) groups is 1. The summed E-state index contributed by atoms with van der Waals surface area (Å²) in [6.07, 6.45) is 1.28. The van der Waals surface area contributed by atoms with Crippen LogP contribution in [0.3, 0.4) is 0 Å². The van der Waals surface area contributed by atoms with Crippen LogP contribution in [0.4, 0.5) is 11.4 Å². The summed E-state index contributed by atoms with van der Waals surface area (Å²) < 4.78 is 0. The number of ketones is 1. The summed E-state index contributed by atoms with van der Waals surface area (Å²) in [6, 6.07) is 19.6. The van der Waals surface area contributed by atoms with Gasteiger partial charge in [-0.25, -0.2) is 0 Å². The Balaban J connectivity index is 0.000000395. The quantitative estimate of drug-likeness (QED) is 0.255. The fourth-order valence-electron chi connectivity index (χ4n) is 2.79. The number of fused-ring (bicyclic) bond motifs is 1. The van der Waals surface area contributed by atoms with Crippen molar-refractivity contribution in [1.82, 2.24) is 0 Å². The molecule has 0 saturated heterocycles. The van der Waals surface area contributed by atoms with Crippen LogP contribution in [0.2, 0.25) is 0 Å². The molecule has 27 heavy (non-hydrogen) atoms.